The Hall–Kier alpha value is -1.93. The molecular formula is C20H28N6OS. The maximum Gasteiger partial charge on any atom is 0.185 e. The molecule has 150 valence electrons. The largest absolute Gasteiger partial charge is 0.378 e. The van der Waals surface area contributed by atoms with Crippen LogP contribution >= 0.6 is 11.3 Å². The third-order valence-corrected chi connectivity index (χ3v) is 7.07. The highest BCUT2D eigenvalue weighted by molar-refractivity contribution is 7.15. The van der Waals surface area contributed by atoms with Crippen molar-refractivity contribution in [3.05, 3.63) is 22.5 Å². The number of hydrogen-bond donors (Lipinski definition) is 0. The fourth-order valence-corrected chi connectivity index (χ4v) is 5.45. The fourth-order valence-electron chi connectivity index (χ4n) is 4.25. The van der Waals surface area contributed by atoms with Crippen LogP contribution in [0.3, 0.4) is 0 Å². The molecule has 8 heteroatoms. The van der Waals surface area contributed by atoms with Crippen LogP contribution in [0.25, 0.3) is 0 Å². The van der Waals surface area contributed by atoms with Gasteiger partial charge in [-0.1, -0.05) is 0 Å². The zero-order chi connectivity index (χ0) is 18.9. The van der Waals surface area contributed by atoms with Gasteiger partial charge in [-0.2, -0.15) is 0 Å². The Morgan fingerprint density at radius 3 is 2.18 bits per heavy atom. The quantitative estimate of drug-likeness (QED) is 0.783. The second-order valence-corrected chi connectivity index (χ2v) is 8.84. The van der Waals surface area contributed by atoms with Crippen LogP contribution in [-0.4, -0.2) is 67.4 Å². The lowest BCUT2D eigenvalue weighted by molar-refractivity contribution is 0.122. The minimum atomic E-state index is 0.773. The molecule has 0 radical (unpaired) electrons. The molecule has 2 aromatic heterocycles. The highest BCUT2D eigenvalue weighted by atomic mass is 32.1. The summed E-state index contributed by atoms with van der Waals surface area (Å²) in [6.45, 7) is 9.29. The normalized spacial score (nSPS) is 20.4. The first-order valence-corrected chi connectivity index (χ1v) is 11.2. The molecule has 0 bridgehead atoms. The standard InChI is InChI=1S/C20H28N6OS/c1-15-21-18(14-19(22-15)25-10-12-27-13-11-25)24-6-8-26(9-7-24)20-23-16-4-2-3-5-17(16)28-20/h14H,2-13H2,1H3. The summed E-state index contributed by atoms with van der Waals surface area (Å²) in [5.41, 5.74) is 1.36. The summed E-state index contributed by atoms with van der Waals surface area (Å²) in [4.78, 5) is 23.0. The van der Waals surface area contributed by atoms with Crippen molar-refractivity contribution in [3.63, 3.8) is 0 Å². The smallest absolute Gasteiger partial charge is 0.185 e. The number of aryl methyl sites for hydroxylation is 3. The van der Waals surface area contributed by atoms with Crippen molar-refractivity contribution in [3.8, 4) is 0 Å². The van der Waals surface area contributed by atoms with Gasteiger partial charge in [-0.05, 0) is 32.6 Å². The number of anilines is 3. The second kappa shape index (κ2) is 7.83. The molecule has 3 aliphatic rings. The Morgan fingerprint density at radius 1 is 0.821 bits per heavy atom. The third-order valence-electron chi connectivity index (χ3n) is 5.85. The van der Waals surface area contributed by atoms with E-state index >= 15 is 0 Å². The first kappa shape index (κ1) is 18.1. The van der Waals surface area contributed by atoms with Gasteiger partial charge in [-0.3, -0.25) is 0 Å². The van der Waals surface area contributed by atoms with Gasteiger partial charge in [0.1, 0.15) is 17.5 Å². The van der Waals surface area contributed by atoms with Gasteiger partial charge in [-0.15, -0.1) is 11.3 Å². The van der Waals surface area contributed by atoms with E-state index < -0.39 is 0 Å². The van der Waals surface area contributed by atoms with Crippen LogP contribution < -0.4 is 14.7 Å². The average Bonchev–Trinajstić information content (AvgIpc) is 3.18. The molecule has 4 heterocycles. The highest BCUT2D eigenvalue weighted by Gasteiger charge is 2.24. The lowest BCUT2D eigenvalue weighted by Crippen LogP contribution is -2.47. The summed E-state index contributed by atoms with van der Waals surface area (Å²) < 4.78 is 5.48. The van der Waals surface area contributed by atoms with Crippen molar-refractivity contribution in [1.82, 2.24) is 15.0 Å². The van der Waals surface area contributed by atoms with Crippen LogP contribution in [0.4, 0.5) is 16.8 Å². The number of morpholine rings is 1. The highest BCUT2D eigenvalue weighted by Crippen LogP contribution is 2.32. The number of piperazine rings is 1. The van der Waals surface area contributed by atoms with E-state index in [0.29, 0.717) is 0 Å². The zero-order valence-corrected chi connectivity index (χ0v) is 17.4. The fraction of sp³-hybridized carbons (Fsp3) is 0.650. The average molecular weight is 401 g/mol. The number of ether oxygens (including phenoxy) is 1. The number of thiazole rings is 1. The van der Waals surface area contributed by atoms with Crippen LogP contribution in [0, 0.1) is 6.92 Å². The monoisotopic (exact) mass is 400 g/mol. The van der Waals surface area contributed by atoms with Crippen LogP contribution in [0.15, 0.2) is 6.07 Å². The van der Waals surface area contributed by atoms with Crippen molar-refractivity contribution in [2.45, 2.75) is 32.6 Å². The first-order chi connectivity index (χ1) is 13.8. The van der Waals surface area contributed by atoms with Gasteiger partial charge in [0.2, 0.25) is 0 Å². The van der Waals surface area contributed by atoms with Crippen molar-refractivity contribution >= 4 is 28.1 Å². The molecule has 0 unspecified atom stereocenters. The van der Waals surface area contributed by atoms with Crippen LogP contribution in [0.5, 0.6) is 0 Å². The molecule has 0 amide bonds. The molecule has 28 heavy (non-hydrogen) atoms. The minimum absolute atomic E-state index is 0.773. The van der Waals surface area contributed by atoms with Crippen molar-refractivity contribution < 1.29 is 4.74 Å². The Labute approximate surface area is 170 Å². The molecule has 0 atom stereocenters. The topological polar surface area (TPSA) is 57.6 Å². The van der Waals surface area contributed by atoms with E-state index in [2.05, 4.69) is 25.8 Å². The number of nitrogens with zero attached hydrogens (tertiary/aromatic N) is 6. The Balaban J connectivity index is 1.27. The molecule has 2 saturated heterocycles. The molecule has 0 aromatic carbocycles. The predicted molar refractivity (Wildman–Crippen MR) is 113 cm³/mol. The van der Waals surface area contributed by atoms with Crippen LogP contribution in [-0.2, 0) is 17.6 Å². The summed E-state index contributed by atoms with van der Waals surface area (Å²) >= 11 is 1.91. The van der Waals surface area contributed by atoms with Crippen LogP contribution in [0.1, 0.15) is 29.2 Å². The number of fused-ring (bicyclic) bond motifs is 1. The van der Waals surface area contributed by atoms with E-state index in [1.807, 2.05) is 18.3 Å². The SMILES string of the molecule is Cc1nc(N2CCOCC2)cc(N2CCN(c3nc4c(s3)CCCC4)CC2)n1. The van der Waals surface area contributed by atoms with Crippen molar-refractivity contribution in [2.75, 3.05) is 67.2 Å². The molecule has 0 saturated carbocycles. The second-order valence-electron chi connectivity index (χ2n) is 7.78. The van der Waals surface area contributed by atoms with E-state index in [1.54, 1.807) is 0 Å². The third kappa shape index (κ3) is 3.67. The Kier molecular flexibility index (Phi) is 5.07. The van der Waals surface area contributed by atoms with Gasteiger partial charge < -0.3 is 19.4 Å². The van der Waals surface area contributed by atoms with E-state index in [9.17, 15) is 0 Å². The molecule has 7 nitrogen and oxygen atoms in total. The molecular weight excluding hydrogens is 372 g/mol. The molecule has 1 aliphatic carbocycles. The molecule has 0 spiro atoms. The molecule has 5 rings (SSSR count). The van der Waals surface area contributed by atoms with Gasteiger partial charge >= 0.3 is 0 Å². The zero-order valence-electron chi connectivity index (χ0n) is 16.6. The lowest BCUT2D eigenvalue weighted by atomic mass is 10.0. The molecule has 2 aromatic rings. The van der Waals surface area contributed by atoms with Gasteiger partial charge in [0, 0.05) is 50.2 Å². The number of aromatic nitrogens is 3. The minimum Gasteiger partial charge on any atom is -0.378 e. The predicted octanol–water partition coefficient (Wildman–Crippen LogP) is 2.28. The summed E-state index contributed by atoms with van der Waals surface area (Å²) in [7, 11) is 0. The Morgan fingerprint density at radius 2 is 1.46 bits per heavy atom. The van der Waals surface area contributed by atoms with Gasteiger partial charge in [0.25, 0.3) is 0 Å². The van der Waals surface area contributed by atoms with Crippen molar-refractivity contribution in [2.24, 2.45) is 0 Å². The van der Waals surface area contributed by atoms with Crippen LogP contribution in [0.2, 0.25) is 0 Å². The van der Waals surface area contributed by atoms with Crippen molar-refractivity contribution in [1.29, 1.82) is 0 Å². The summed E-state index contributed by atoms with van der Waals surface area (Å²) in [6, 6.07) is 2.15. The summed E-state index contributed by atoms with van der Waals surface area (Å²) in [5.74, 6) is 2.92. The maximum absolute atomic E-state index is 5.48. The summed E-state index contributed by atoms with van der Waals surface area (Å²) in [6.07, 6.45) is 5.00. The first-order valence-electron chi connectivity index (χ1n) is 10.4. The summed E-state index contributed by atoms with van der Waals surface area (Å²) in [5, 5.41) is 1.22. The van der Waals surface area contributed by atoms with Gasteiger partial charge in [0.05, 0.1) is 18.9 Å². The van der Waals surface area contributed by atoms with E-state index in [4.69, 9.17) is 14.7 Å². The molecule has 2 aliphatic heterocycles. The number of rotatable bonds is 3. The van der Waals surface area contributed by atoms with E-state index in [-0.39, 0.29) is 0 Å². The molecule has 0 N–H and O–H groups in total. The Bertz CT molecular complexity index is 803. The number of hydrogen-bond acceptors (Lipinski definition) is 8. The maximum atomic E-state index is 5.48. The van der Waals surface area contributed by atoms with E-state index in [1.165, 1.54) is 35.0 Å². The van der Waals surface area contributed by atoms with Gasteiger partial charge in [-0.25, -0.2) is 15.0 Å². The lowest BCUT2D eigenvalue weighted by Gasteiger charge is -2.36. The van der Waals surface area contributed by atoms with E-state index in [0.717, 1.165) is 76.4 Å². The molecule has 2 fully saturated rings. The van der Waals surface area contributed by atoms with Gasteiger partial charge in [0.15, 0.2) is 5.13 Å².